The summed E-state index contributed by atoms with van der Waals surface area (Å²) in [7, 11) is 0. The third kappa shape index (κ3) is 3.77. The van der Waals surface area contributed by atoms with Crippen molar-refractivity contribution >= 4 is 0 Å². The lowest BCUT2D eigenvalue weighted by atomic mass is 9.83. The quantitative estimate of drug-likeness (QED) is 0.654. The van der Waals surface area contributed by atoms with Gasteiger partial charge in [0, 0.05) is 5.56 Å². The summed E-state index contributed by atoms with van der Waals surface area (Å²) in [5, 5.41) is 0. The van der Waals surface area contributed by atoms with Gasteiger partial charge < -0.3 is 4.74 Å². The first-order chi connectivity index (χ1) is 11.5. The number of aryl methyl sites for hydroxylation is 1. The molecule has 128 valence electrons. The second-order valence-corrected chi connectivity index (χ2v) is 7.04. The maximum absolute atomic E-state index is 14.4. The highest BCUT2D eigenvalue weighted by atomic mass is 19.2. The molecule has 0 aromatic heterocycles. The van der Waals surface area contributed by atoms with E-state index in [1.807, 2.05) is 19.1 Å². The minimum Gasteiger partial charge on any atom is -0.490 e. The van der Waals surface area contributed by atoms with Crippen molar-refractivity contribution in [1.29, 1.82) is 0 Å². The second-order valence-electron chi connectivity index (χ2n) is 7.04. The Kier molecular flexibility index (Phi) is 5.17. The number of hydrogen-bond acceptors (Lipinski definition) is 1. The van der Waals surface area contributed by atoms with E-state index in [1.165, 1.54) is 12.8 Å². The van der Waals surface area contributed by atoms with Gasteiger partial charge in [0.2, 0.25) is 5.82 Å². The largest absolute Gasteiger partial charge is 0.490 e. The highest BCUT2D eigenvalue weighted by molar-refractivity contribution is 5.65. The van der Waals surface area contributed by atoms with Crippen molar-refractivity contribution in [1.82, 2.24) is 0 Å². The molecule has 1 fully saturated rings. The van der Waals surface area contributed by atoms with Crippen LogP contribution in [0.25, 0.3) is 11.1 Å². The van der Waals surface area contributed by atoms with Gasteiger partial charge in [-0.2, -0.15) is 4.39 Å². The van der Waals surface area contributed by atoms with Crippen molar-refractivity contribution in [3.05, 3.63) is 53.6 Å². The van der Waals surface area contributed by atoms with Gasteiger partial charge in [-0.3, -0.25) is 0 Å². The molecule has 0 saturated heterocycles. The predicted octanol–water partition coefficient (Wildman–Crippen LogP) is 6.15. The summed E-state index contributed by atoms with van der Waals surface area (Å²) in [6.45, 7) is 4.69. The van der Waals surface area contributed by atoms with Crippen LogP contribution in [0.5, 0.6) is 5.75 Å². The molecule has 2 aromatic rings. The van der Waals surface area contributed by atoms with Gasteiger partial charge in [-0.15, -0.1) is 0 Å². The van der Waals surface area contributed by atoms with E-state index in [0.717, 1.165) is 24.3 Å². The van der Waals surface area contributed by atoms with Crippen LogP contribution in [0, 0.1) is 30.4 Å². The number of rotatable bonds is 4. The molecule has 0 radical (unpaired) electrons. The van der Waals surface area contributed by atoms with E-state index >= 15 is 0 Å². The Morgan fingerprint density at radius 2 is 1.58 bits per heavy atom. The maximum atomic E-state index is 14.4. The number of halogens is 2. The second kappa shape index (κ2) is 7.33. The molecule has 3 rings (SSSR count). The minimum absolute atomic E-state index is 0.0157. The molecule has 0 unspecified atom stereocenters. The highest BCUT2D eigenvalue weighted by Gasteiger charge is 2.21. The first-order valence-corrected chi connectivity index (χ1v) is 8.72. The monoisotopic (exact) mass is 330 g/mol. The molecule has 0 heterocycles. The van der Waals surface area contributed by atoms with E-state index < -0.39 is 11.6 Å². The first kappa shape index (κ1) is 16.9. The molecule has 0 amide bonds. The fraction of sp³-hybridized carbons (Fsp3) is 0.429. The van der Waals surface area contributed by atoms with Gasteiger partial charge in [-0.25, -0.2) is 4.39 Å². The van der Waals surface area contributed by atoms with Gasteiger partial charge in [0.1, 0.15) is 0 Å². The van der Waals surface area contributed by atoms with Gasteiger partial charge in [0.25, 0.3) is 0 Å². The third-order valence-electron chi connectivity index (χ3n) is 5.02. The molecule has 1 aliphatic rings. The van der Waals surface area contributed by atoms with Crippen LogP contribution in [0.15, 0.2) is 36.4 Å². The molecule has 0 aliphatic heterocycles. The van der Waals surface area contributed by atoms with Crippen molar-refractivity contribution in [3.63, 3.8) is 0 Å². The van der Waals surface area contributed by atoms with Gasteiger partial charge in [0.05, 0.1) is 6.61 Å². The van der Waals surface area contributed by atoms with Gasteiger partial charge in [0.15, 0.2) is 11.6 Å². The Hall–Kier alpha value is -1.90. The average molecular weight is 330 g/mol. The molecule has 0 atom stereocenters. The van der Waals surface area contributed by atoms with E-state index in [1.54, 1.807) is 24.3 Å². The lowest BCUT2D eigenvalue weighted by molar-refractivity contribution is 0.182. The predicted molar refractivity (Wildman–Crippen MR) is 93.1 cm³/mol. The third-order valence-corrected chi connectivity index (χ3v) is 5.02. The van der Waals surface area contributed by atoms with Gasteiger partial charge in [-0.05, 0) is 49.3 Å². The van der Waals surface area contributed by atoms with Crippen LogP contribution in [0.4, 0.5) is 8.78 Å². The summed E-state index contributed by atoms with van der Waals surface area (Å²) >= 11 is 0. The Labute approximate surface area is 142 Å². The Morgan fingerprint density at radius 1 is 0.917 bits per heavy atom. The smallest absolute Gasteiger partial charge is 0.201 e. The van der Waals surface area contributed by atoms with Crippen LogP contribution in [-0.4, -0.2) is 6.61 Å². The summed E-state index contributed by atoms with van der Waals surface area (Å²) in [6.07, 6.45) is 4.59. The zero-order valence-corrected chi connectivity index (χ0v) is 14.3. The molecule has 1 nitrogen and oxygen atoms in total. The number of hydrogen-bond donors (Lipinski definition) is 0. The van der Waals surface area contributed by atoms with Crippen molar-refractivity contribution in [2.24, 2.45) is 11.8 Å². The number of benzene rings is 2. The molecule has 0 spiro atoms. The van der Waals surface area contributed by atoms with Crippen LogP contribution in [0.2, 0.25) is 0 Å². The van der Waals surface area contributed by atoms with Crippen LogP contribution in [-0.2, 0) is 0 Å². The van der Waals surface area contributed by atoms with Crippen molar-refractivity contribution in [2.75, 3.05) is 6.61 Å². The summed E-state index contributed by atoms with van der Waals surface area (Å²) in [5.74, 6) is -0.502. The molecule has 2 aromatic carbocycles. The summed E-state index contributed by atoms with van der Waals surface area (Å²) in [6, 6.07) is 10.5. The Bertz CT molecular complexity index is 686. The molecular weight excluding hydrogens is 306 g/mol. The van der Waals surface area contributed by atoms with Gasteiger partial charge >= 0.3 is 0 Å². The zero-order valence-electron chi connectivity index (χ0n) is 14.3. The van der Waals surface area contributed by atoms with Crippen molar-refractivity contribution in [3.8, 4) is 16.9 Å². The van der Waals surface area contributed by atoms with Gasteiger partial charge in [-0.1, -0.05) is 49.6 Å². The Morgan fingerprint density at radius 3 is 2.25 bits per heavy atom. The normalized spacial score (nSPS) is 20.8. The fourth-order valence-electron chi connectivity index (χ4n) is 3.30. The van der Waals surface area contributed by atoms with Crippen LogP contribution >= 0.6 is 0 Å². The fourth-order valence-corrected chi connectivity index (χ4v) is 3.30. The van der Waals surface area contributed by atoms with E-state index in [4.69, 9.17) is 4.74 Å². The standard InChI is InChI=1S/C21H24F2O/c1-14-3-7-16(8-4-14)13-24-19-12-11-18(20(22)21(19)23)17-9-5-15(2)6-10-17/h5-6,9-12,14,16H,3-4,7-8,13H2,1-2H3. The molecule has 24 heavy (non-hydrogen) atoms. The topological polar surface area (TPSA) is 9.23 Å². The first-order valence-electron chi connectivity index (χ1n) is 8.72. The number of ether oxygens (including phenoxy) is 1. The maximum Gasteiger partial charge on any atom is 0.201 e. The summed E-state index contributed by atoms with van der Waals surface area (Å²) in [5.41, 5.74) is 2.03. The average Bonchev–Trinajstić information content (AvgIpc) is 2.59. The summed E-state index contributed by atoms with van der Waals surface area (Å²) in [4.78, 5) is 0. The lowest BCUT2D eigenvalue weighted by Gasteiger charge is -2.26. The Balaban J connectivity index is 1.71. The molecular formula is C21H24F2O. The molecule has 1 aliphatic carbocycles. The minimum atomic E-state index is -0.891. The zero-order chi connectivity index (χ0) is 17.1. The molecule has 0 bridgehead atoms. The van der Waals surface area contributed by atoms with Crippen molar-refractivity contribution in [2.45, 2.75) is 39.5 Å². The van der Waals surface area contributed by atoms with Crippen molar-refractivity contribution < 1.29 is 13.5 Å². The van der Waals surface area contributed by atoms with E-state index in [2.05, 4.69) is 6.92 Å². The van der Waals surface area contributed by atoms with E-state index in [-0.39, 0.29) is 11.3 Å². The lowest BCUT2D eigenvalue weighted by Crippen LogP contribution is -2.19. The summed E-state index contributed by atoms with van der Waals surface area (Å²) < 4.78 is 34.3. The van der Waals surface area contributed by atoms with Crippen LogP contribution in [0.3, 0.4) is 0 Å². The van der Waals surface area contributed by atoms with E-state index in [9.17, 15) is 8.78 Å². The van der Waals surface area contributed by atoms with Crippen LogP contribution in [0.1, 0.15) is 38.2 Å². The highest BCUT2D eigenvalue weighted by Crippen LogP contribution is 2.32. The van der Waals surface area contributed by atoms with Crippen LogP contribution < -0.4 is 4.74 Å². The SMILES string of the molecule is Cc1ccc(-c2ccc(OCC3CCC(C)CC3)c(F)c2F)cc1. The molecule has 3 heteroatoms. The van der Waals surface area contributed by atoms with E-state index in [0.29, 0.717) is 18.1 Å². The molecule has 1 saturated carbocycles. The molecule has 0 N–H and O–H groups in total.